The quantitative estimate of drug-likeness (QED) is 0.869. The maximum atomic E-state index is 12.4. The molecule has 0 saturated carbocycles. The van der Waals surface area contributed by atoms with Crippen LogP contribution in [0.4, 0.5) is 13.2 Å². The van der Waals surface area contributed by atoms with Crippen molar-refractivity contribution < 1.29 is 23.0 Å². The topological polar surface area (TPSA) is 32.7 Å². The number of rotatable bonds is 6. The van der Waals surface area contributed by atoms with Crippen LogP contribution in [0.1, 0.15) is 11.1 Å². The Labute approximate surface area is 116 Å². The molecule has 1 aromatic rings. The summed E-state index contributed by atoms with van der Waals surface area (Å²) in [6, 6.07) is 5.75. The summed E-state index contributed by atoms with van der Waals surface area (Å²) >= 11 is 0. The number of nitrogens with zero attached hydrogens (tertiary/aromatic N) is 1. The second-order valence-electron chi connectivity index (χ2n) is 4.91. The molecule has 0 spiro atoms. The van der Waals surface area contributed by atoms with Crippen LogP contribution >= 0.6 is 0 Å². The number of alkyl halides is 3. The minimum atomic E-state index is -4.24. The summed E-state index contributed by atoms with van der Waals surface area (Å²) in [7, 11) is 0. The van der Waals surface area contributed by atoms with E-state index in [9.17, 15) is 13.2 Å². The summed E-state index contributed by atoms with van der Waals surface area (Å²) < 4.78 is 42.6. The monoisotopic (exact) mass is 289 g/mol. The third kappa shape index (κ3) is 4.38. The Morgan fingerprint density at radius 2 is 2.05 bits per heavy atom. The van der Waals surface area contributed by atoms with Gasteiger partial charge in [0.1, 0.15) is 5.75 Å². The Morgan fingerprint density at radius 3 is 2.75 bits per heavy atom. The molecule has 3 nitrogen and oxygen atoms in total. The smallest absolute Gasteiger partial charge is 0.401 e. The Morgan fingerprint density at radius 1 is 1.25 bits per heavy atom. The summed E-state index contributed by atoms with van der Waals surface area (Å²) in [5.41, 5.74) is 2.12. The van der Waals surface area contributed by atoms with Gasteiger partial charge in [0.05, 0.1) is 19.8 Å². The predicted octanol–water partition coefficient (Wildman–Crippen LogP) is 2.02. The average Bonchev–Trinajstić information content (AvgIpc) is 2.81. The van der Waals surface area contributed by atoms with Gasteiger partial charge in [0, 0.05) is 19.5 Å². The molecule has 1 aliphatic heterocycles. The molecule has 0 unspecified atom stereocenters. The molecule has 0 aliphatic carbocycles. The van der Waals surface area contributed by atoms with E-state index in [0.29, 0.717) is 13.0 Å². The first kappa shape index (κ1) is 15.1. The first-order valence-electron chi connectivity index (χ1n) is 6.62. The molecule has 1 aromatic carbocycles. The van der Waals surface area contributed by atoms with Crippen LogP contribution < -0.4 is 4.74 Å². The third-order valence-electron chi connectivity index (χ3n) is 3.29. The second-order valence-corrected chi connectivity index (χ2v) is 4.91. The van der Waals surface area contributed by atoms with Crippen molar-refractivity contribution in [3.8, 4) is 5.75 Å². The van der Waals surface area contributed by atoms with Gasteiger partial charge in [-0.2, -0.15) is 13.2 Å². The molecule has 0 fully saturated rings. The molecule has 1 aliphatic rings. The van der Waals surface area contributed by atoms with E-state index in [-0.39, 0.29) is 19.7 Å². The molecule has 1 heterocycles. The molecule has 0 aromatic heterocycles. The van der Waals surface area contributed by atoms with Crippen molar-refractivity contribution in [1.82, 2.24) is 4.90 Å². The molecule has 2 rings (SSSR count). The van der Waals surface area contributed by atoms with Gasteiger partial charge in [-0.1, -0.05) is 12.1 Å². The number of aliphatic hydroxyl groups excluding tert-OH is 1. The number of hydrogen-bond donors (Lipinski definition) is 1. The van der Waals surface area contributed by atoms with Gasteiger partial charge >= 0.3 is 6.18 Å². The van der Waals surface area contributed by atoms with Crippen LogP contribution in [0.15, 0.2) is 18.2 Å². The van der Waals surface area contributed by atoms with E-state index in [0.717, 1.165) is 23.3 Å². The number of benzene rings is 1. The van der Waals surface area contributed by atoms with Crippen molar-refractivity contribution in [2.75, 3.05) is 32.8 Å². The first-order valence-corrected chi connectivity index (χ1v) is 6.62. The maximum Gasteiger partial charge on any atom is 0.401 e. The van der Waals surface area contributed by atoms with Crippen LogP contribution in [0.25, 0.3) is 0 Å². The molecule has 6 heteroatoms. The van der Waals surface area contributed by atoms with Crippen molar-refractivity contribution in [1.29, 1.82) is 0 Å². The zero-order valence-electron chi connectivity index (χ0n) is 11.1. The largest absolute Gasteiger partial charge is 0.493 e. The highest BCUT2D eigenvalue weighted by Gasteiger charge is 2.30. The van der Waals surface area contributed by atoms with E-state index in [1.54, 1.807) is 0 Å². The minimum absolute atomic E-state index is 0.0353. The molecule has 0 bridgehead atoms. The van der Waals surface area contributed by atoms with E-state index in [1.165, 1.54) is 4.90 Å². The van der Waals surface area contributed by atoms with Gasteiger partial charge in [0.15, 0.2) is 0 Å². The van der Waals surface area contributed by atoms with Gasteiger partial charge in [-0.05, 0) is 23.6 Å². The summed E-state index contributed by atoms with van der Waals surface area (Å²) in [5.74, 6) is 0.872. The highest BCUT2D eigenvalue weighted by atomic mass is 19.4. The summed E-state index contributed by atoms with van der Waals surface area (Å²) in [6.07, 6.45) is -2.85. The number of ether oxygens (including phenoxy) is 1. The van der Waals surface area contributed by atoms with Crippen LogP contribution in [-0.2, 0) is 12.8 Å². The number of fused-ring (bicyclic) bond motifs is 1. The fourth-order valence-corrected chi connectivity index (χ4v) is 2.35. The van der Waals surface area contributed by atoms with Gasteiger partial charge in [-0.3, -0.25) is 4.90 Å². The van der Waals surface area contributed by atoms with Crippen molar-refractivity contribution in [3.05, 3.63) is 29.3 Å². The number of hydrogen-bond acceptors (Lipinski definition) is 3. The minimum Gasteiger partial charge on any atom is -0.493 e. The maximum absolute atomic E-state index is 12.4. The standard InChI is InChI=1S/C14H18F3NO2/c15-14(16,17)10-18(6-7-19)5-3-11-1-2-13-12(9-11)4-8-20-13/h1-2,9,19H,3-8,10H2. The van der Waals surface area contributed by atoms with Gasteiger partial charge in [-0.25, -0.2) is 0 Å². The second kappa shape index (κ2) is 6.45. The van der Waals surface area contributed by atoms with E-state index >= 15 is 0 Å². The molecule has 112 valence electrons. The van der Waals surface area contributed by atoms with Gasteiger partial charge < -0.3 is 9.84 Å². The fraction of sp³-hybridized carbons (Fsp3) is 0.571. The molecular weight excluding hydrogens is 271 g/mol. The van der Waals surface area contributed by atoms with Gasteiger partial charge in [-0.15, -0.1) is 0 Å². The summed E-state index contributed by atoms with van der Waals surface area (Å²) in [5, 5.41) is 8.83. The lowest BCUT2D eigenvalue weighted by molar-refractivity contribution is -0.146. The van der Waals surface area contributed by atoms with Crippen LogP contribution in [0, 0.1) is 0 Å². The average molecular weight is 289 g/mol. The normalized spacial score (nSPS) is 14.4. The first-order chi connectivity index (χ1) is 9.48. The van der Waals surface area contributed by atoms with E-state index < -0.39 is 12.7 Å². The van der Waals surface area contributed by atoms with E-state index in [2.05, 4.69) is 0 Å². The lowest BCUT2D eigenvalue weighted by Crippen LogP contribution is -2.37. The zero-order valence-corrected chi connectivity index (χ0v) is 11.1. The molecule has 0 amide bonds. The van der Waals surface area contributed by atoms with E-state index in [4.69, 9.17) is 9.84 Å². The number of halogens is 3. The van der Waals surface area contributed by atoms with Crippen molar-refractivity contribution in [3.63, 3.8) is 0 Å². The van der Waals surface area contributed by atoms with Gasteiger partial charge in [0.2, 0.25) is 0 Å². The Hall–Kier alpha value is -1.27. The summed E-state index contributed by atoms with van der Waals surface area (Å²) in [4.78, 5) is 1.23. The molecule has 0 radical (unpaired) electrons. The molecule has 1 N–H and O–H groups in total. The van der Waals surface area contributed by atoms with E-state index in [1.807, 2.05) is 18.2 Å². The third-order valence-corrected chi connectivity index (χ3v) is 3.29. The Balaban J connectivity index is 1.91. The zero-order chi connectivity index (χ0) is 14.6. The van der Waals surface area contributed by atoms with Crippen LogP contribution in [0.2, 0.25) is 0 Å². The van der Waals surface area contributed by atoms with Crippen LogP contribution in [0.5, 0.6) is 5.75 Å². The highest BCUT2D eigenvalue weighted by molar-refractivity contribution is 5.39. The molecular formula is C14H18F3NO2. The predicted molar refractivity (Wildman–Crippen MR) is 68.9 cm³/mol. The lowest BCUT2D eigenvalue weighted by Gasteiger charge is -2.22. The fourth-order valence-electron chi connectivity index (χ4n) is 2.35. The van der Waals surface area contributed by atoms with Crippen molar-refractivity contribution >= 4 is 0 Å². The molecule has 0 atom stereocenters. The Bertz CT molecular complexity index is 449. The lowest BCUT2D eigenvalue weighted by atomic mass is 10.1. The molecule has 0 saturated heterocycles. The Kier molecular flexibility index (Phi) is 4.88. The molecule has 20 heavy (non-hydrogen) atoms. The van der Waals surface area contributed by atoms with Crippen molar-refractivity contribution in [2.45, 2.75) is 19.0 Å². The van der Waals surface area contributed by atoms with Crippen molar-refractivity contribution in [2.24, 2.45) is 0 Å². The highest BCUT2D eigenvalue weighted by Crippen LogP contribution is 2.26. The number of aliphatic hydroxyl groups is 1. The van der Waals surface area contributed by atoms with Crippen LogP contribution in [0.3, 0.4) is 0 Å². The summed E-state index contributed by atoms with van der Waals surface area (Å²) in [6.45, 7) is -0.271. The SMILES string of the molecule is OCCN(CCc1ccc2c(c1)CCO2)CC(F)(F)F. The van der Waals surface area contributed by atoms with Crippen LogP contribution in [-0.4, -0.2) is 49.0 Å². The van der Waals surface area contributed by atoms with Gasteiger partial charge in [0.25, 0.3) is 0 Å².